The molecule has 0 aromatic carbocycles. The highest BCUT2D eigenvalue weighted by atomic mass is 16.7. The van der Waals surface area contributed by atoms with E-state index in [2.05, 4.69) is 40.7 Å². The van der Waals surface area contributed by atoms with Crippen molar-refractivity contribution in [1.82, 2.24) is 0 Å². The quantitative estimate of drug-likeness (QED) is 0.221. The fourth-order valence-electron chi connectivity index (χ4n) is 13.5. The van der Waals surface area contributed by atoms with Crippen LogP contribution in [-0.4, -0.2) is 105 Å². The Labute approximate surface area is 283 Å². The summed E-state index contributed by atoms with van der Waals surface area (Å²) in [6.07, 6.45) is -0.377. The predicted octanol–water partition coefficient (Wildman–Crippen LogP) is 2.58. The third kappa shape index (κ3) is 3.89. The van der Waals surface area contributed by atoms with Crippen LogP contribution in [0.25, 0.3) is 0 Å². The number of aliphatic hydroxyl groups excluding tert-OH is 4. The van der Waals surface area contributed by atoms with Crippen molar-refractivity contribution in [3.8, 4) is 0 Å². The minimum absolute atomic E-state index is 0.0107. The summed E-state index contributed by atoms with van der Waals surface area (Å²) in [4.78, 5) is 12.9. The Morgan fingerprint density at radius 3 is 2.38 bits per heavy atom. The van der Waals surface area contributed by atoms with Crippen LogP contribution in [-0.2, 0) is 28.5 Å². The van der Waals surface area contributed by atoms with Gasteiger partial charge in [0.2, 0.25) is 5.79 Å². The van der Waals surface area contributed by atoms with Crippen molar-refractivity contribution in [3.05, 3.63) is 11.6 Å². The van der Waals surface area contributed by atoms with Gasteiger partial charge in [-0.25, -0.2) is 0 Å². The molecule has 7 fully saturated rings. The number of carbonyl (C=O) groups is 1. The van der Waals surface area contributed by atoms with Crippen molar-refractivity contribution in [1.29, 1.82) is 0 Å². The van der Waals surface area contributed by atoms with E-state index in [-0.39, 0.29) is 64.9 Å². The van der Waals surface area contributed by atoms with Crippen LogP contribution in [0.4, 0.5) is 0 Å². The normalized spacial score (nSPS) is 58.7. The fraction of sp³-hybridized carbons (Fsp3) is 0.919. The molecule has 11 nitrogen and oxygen atoms in total. The van der Waals surface area contributed by atoms with E-state index < -0.39 is 59.0 Å². The Morgan fingerprint density at radius 2 is 1.69 bits per heavy atom. The number of ether oxygens (including phenoxy) is 5. The third-order valence-corrected chi connectivity index (χ3v) is 15.8. The van der Waals surface area contributed by atoms with Crippen LogP contribution in [0.2, 0.25) is 0 Å². The molecule has 17 unspecified atom stereocenters. The predicted molar refractivity (Wildman–Crippen MR) is 170 cm³/mol. The van der Waals surface area contributed by atoms with Gasteiger partial charge in [-0.05, 0) is 75.0 Å². The van der Waals surface area contributed by atoms with Crippen LogP contribution in [0.3, 0.4) is 0 Å². The van der Waals surface area contributed by atoms with Crippen LogP contribution in [0.1, 0.15) is 93.9 Å². The standard InChI is InChI=1S/C37H56O11/c1-17-25-20(47-37(43)28(17)48-32(5,6)30(37)42)13-33(7)22-10-9-21-31(3,4)23(46-29-27(41)26(40)19(39)15-44-29)11-12-35(21)16-36(22,35)14-24(34(25,33)8)45-18(2)38/h10,17,19-21,23-30,39-43H,9,11-16H2,1-8H3. The summed E-state index contributed by atoms with van der Waals surface area (Å²) in [5.41, 5.74) is -0.907. The summed E-state index contributed by atoms with van der Waals surface area (Å²) in [7, 11) is 0. The zero-order chi connectivity index (χ0) is 34.8. The fourth-order valence-corrected chi connectivity index (χ4v) is 13.5. The van der Waals surface area contributed by atoms with Gasteiger partial charge in [0.15, 0.2) is 6.29 Å². The second kappa shape index (κ2) is 10.0. The lowest BCUT2D eigenvalue weighted by Crippen LogP contribution is -2.64. The molecule has 3 aliphatic heterocycles. The Bertz CT molecular complexity index is 1410. The maximum Gasteiger partial charge on any atom is 0.302 e. The molecule has 11 heteroatoms. The maximum absolute atomic E-state index is 12.9. The van der Waals surface area contributed by atoms with Crippen molar-refractivity contribution in [3.63, 3.8) is 0 Å². The molecule has 2 spiro atoms. The smallest absolute Gasteiger partial charge is 0.302 e. The third-order valence-electron chi connectivity index (χ3n) is 15.8. The first kappa shape index (κ1) is 34.0. The summed E-state index contributed by atoms with van der Waals surface area (Å²) in [6.45, 7) is 16.1. The summed E-state index contributed by atoms with van der Waals surface area (Å²) in [5, 5.41) is 54.0. The van der Waals surface area contributed by atoms with Crippen LogP contribution >= 0.6 is 0 Å². The van der Waals surface area contributed by atoms with Crippen LogP contribution in [0.15, 0.2) is 11.6 Å². The van der Waals surface area contributed by atoms with Gasteiger partial charge in [-0.1, -0.05) is 46.3 Å². The molecule has 4 saturated carbocycles. The second-order valence-corrected chi connectivity index (χ2v) is 18.5. The molecule has 270 valence electrons. The van der Waals surface area contributed by atoms with Gasteiger partial charge in [0.05, 0.1) is 24.4 Å². The molecule has 17 atom stereocenters. The van der Waals surface area contributed by atoms with E-state index >= 15 is 0 Å². The molecule has 0 amide bonds. The van der Waals surface area contributed by atoms with Gasteiger partial charge in [-0.2, -0.15) is 0 Å². The van der Waals surface area contributed by atoms with Crippen molar-refractivity contribution in [2.24, 2.45) is 44.8 Å². The van der Waals surface area contributed by atoms with E-state index in [0.29, 0.717) is 6.42 Å². The first-order valence-electron chi connectivity index (χ1n) is 18.2. The van der Waals surface area contributed by atoms with Gasteiger partial charge in [-0.15, -0.1) is 0 Å². The molecule has 3 heterocycles. The van der Waals surface area contributed by atoms with E-state index in [1.165, 1.54) is 12.5 Å². The molecule has 5 aliphatic carbocycles. The summed E-state index contributed by atoms with van der Waals surface area (Å²) >= 11 is 0. The zero-order valence-corrected chi connectivity index (χ0v) is 29.6. The number of allylic oxidation sites excluding steroid dienone is 2. The van der Waals surface area contributed by atoms with Crippen molar-refractivity contribution >= 4 is 5.97 Å². The molecule has 0 aromatic rings. The lowest BCUT2D eigenvalue weighted by atomic mass is 9.44. The Morgan fingerprint density at radius 1 is 0.979 bits per heavy atom. The lowest BCUT2D eigenvalue weighted by Gasteiger charge is -2.62. The number of hydrogen-bond donors (Lipinski definition) is 5. The van der Waals surface area contributed by atoms with Crippen LogP contribution < -0.4 is 0 Å². The number of aliphatic hydroxyl groups is 5. The number of hydrogen-bond acceptors (Lipinski definition) is 11. The first-order valence-corrected chi connectivity index (χ1v) is 18.2. The monoisotopic (exact) mass is 676 g/mol. The first-order chi connectivity index (χ1) is 22.2. The second-order valence-electron chi connectivity index (χ2n) is 18.5. The van der Waals surface area contributed by atoms with E-state index in [1.807, 2.05) is 0 Å². The molecule has 5 N–H and O–H groups in total. The Kier molecular flexibility index (Phi) is 7.10. The van der Waals surface area contributed by atoms with Crippen molar-refractivity contribution < 1.29 is 54.0 Å². The summed E-state index contributed by atoms with van der Waals surface area (Å²) < 4.78 is 31.5. The number of fused-ring (bicyclic) bond motifs is 5. The maximum atomic E-state index is 12.9. The van der Waals surface area contributed by atoms with Gasteiger partial charge >= 0.3 is 5.97 Å². The lowest BCUT2D eigenvalue weighted by molar-refractivity contribution is -0.329. The minimum Gasteiger partial charge on any atom is -0.462 e. The largest absolute Gasteiger partial charge is 0.462 e. The van der Waals surface area contributed by atoms with E-state index in [4.69, 9.17) is 23.7 Å². The Hall–Kier alpha value is -1.15. The highest BCUT2D eigenvalue weighted by Crippen LogP contribution is 2.88. The topological polar surface area (TPSA) is 164 Å². The van der Waals surface area contributed by atoms with Crippen molar-refractivity contribution in [2.45, 2.75) is 160 Å². The average Bonchev–Trinajstić information content (AvgIpc) is 3.52. The minimum atomic E-state index is -1.82. The summed E-state index contributed by atoms with van der Waals surface area (Å²) in [5.74, 6) is -2.11. The van der Waals surface area contributed by atoms with Gasteiger partial charge in [0.25, 0.3) is 0 Å². The zero-order valence-electron chi connectivity index (χ0n) is 29.6. The van der Waals surface area contributed by atoms with Gasteiger partial charge in [-0.3, -0.25) is 4.79 Å². The number of carbonyl (C=O) groups excluding carboxylic acids is 1. The molecule has 0 bridgehead atoms. The number of esters is 1. The van der Waals surface area contributed by atoms with E-state index in [0.717, 1.165) is 32.1 Å². The molecule has 48 heavy (non-hydrogen) atoms. The number of rotatable bonds is 3. The van der Waals surface area contributed by atoms with Gasteiger partial charge in [0.1, 0.15) is 36.6 Å². The molecule has 3 saturated heterocycles. The highest BCUT2D eigenvalue weighted by molar-refractivity contribution is 5.66. The molecular weight excluding hydrogens is 620 g/mol. The molecule has 8 aliphatic rings. The van der Waals surface area contributed by atoms with Gasteiger partial charge in [0, 0.05) is 29.1 Å². The molecule has 0 aromatic heterocycles. The van der Waals surface area contributed by atoms with E-state index in [1.54, 1.807) is 13.8 Å². The summed E-state index contributed by atoms with van der Waals surface area (Å²) in [6, 6.07) is 0. The van der Waals surface area contributed by atoms with Gasteiger partial charge < -0.3 is 49.2 Å². The van der Waals surface area contributed by atoms with Crippen LogP contribution in [0, 0.1) is 44.8 Å². The van der Waals surface area contributed by atoms with Crippen molar-refractivity contribution in [2.75, 3.05) is 6.61 Å². The molecule has 0 radical (unpaired) electrons. The average molecular weight is 677 g/mol. The van der Waals surface area contributed by atoms with E-state index in [9.17, 15) is 30.3 Å². The SMILES string of the molecule is CC(=O)OC1CC23CC24CCC(OC2OCC(O)C(O)C2O)C(C)(C)C4CC=C3C2(C)CC3OC4(O)C(OC(C)(C)C4O)C(C)C3C12C. The Balaban J connectivity index is 1.15. The highest BCUT2D eigenvalue weighted by Gasteiger charge is 2.85. The molecular formula is C37H56O11. The van der Waals surface area contributed by atoms with Crippen LogP contribution in [0.5, 0.6) is 0 Å². The molecule has 8 rings (SSSR count).